The summed E-state index contributed by atoms with van der Waals surface area (Å²) in [7, 11) is 0. The molecule has 0 heterocycles. The Balaban J connectivity index is 2.14. The van der Waals surface area contributed by atoms with Gasteiger partial charge in [-0.3, -0.25) is 0 Å². The van der Waals surface area contributed by atoms with Crippen molar-refractivity contribution < 1.29 is 9.84 Å². The van der Waals surface area contributed by atoms with Crippen molar-refractivity contribution in [1.29, 1.82) is 0 Å². The second-order valence-electron chi connectivity index (χ2n) is 4.12. The Bertz CT molecular complexity index is 301. The van der Waals surface area contributed by atoms with E-state index in [-0.39, 0.29) is 0 Å². The lowest BCUT2D eigenvalue weighted by Gasteiger charge is -2.13. The second-order valence-corrected chi connectivity index (χ2v) is 4.12. The fraction of sp³-hybridized carbons (Fsp3) is 0.538. The van der Waals surface area contributed by atoms with E-state index in [1.165, 1.54) is 5.56 Å². The predicted molar refractivity (Wildman–Crippen MR) is 69.2 cm³/mol. The number of nitrogens with two attached hydrogens (primary N) is 1. The molecule has 0 aliphatic carbocycles. The van der Waals surface area contributed by atoms with Crippen LogP contribution < -0.4 is 15.8 Å². The van der Waals surface area contributed by atoms with Crippen LogP contribution in [0.2, 0.25) is 0 Å². The van der Waals surface area contributed by atoms with Gasteiger partial charge < -0.3 is 20.9 Å². The Hall–Kier alpha value is -1.10. The van der Waals surface area contributed by atoms with Gasteiger partial charge in [0.2, 0.25) is 0 Å². The first-order valence-electron chi connectivity index (χ1n) is 6.00. The third-order valence-corrected chi connectivity index (χ3v) is 2.40. The topological polar surface area (TPSA) is 67.5 Å². The van der Waals surface area contributed by atoms with Crippen molar-refractivity contribution in [3.63, 3.8) is 0 Å². The van der Waals surface area contributed by atoms with Crippen molar-refractivity contribution in [2.45, 2.75) is 19.4 Å². The standard InChI is InChI=1S/C13H22N2O2/c1-11-3-5-13(6-4-11)17-10-12(16)9-15-8-2-7-14/h3-6,12,15-16H,2,7-10,14H2,1H3. The summed E-state index contributed by atoms with van der Waals surface area (Å²) in [6.07, 6.45) is 0.431. The first kappa shape index (κ1) is 14.0. The van der Waals surface area contributed by atoms with Crippen LogP contribution in [-0.4, -0.2) is 37.5 Å². The lowest BCUT2D eigenvalue weighted by Crippen LogP contribution is -2.32. The minimum atomic E-state index is -0.492. The van der Waals surface area contributed by atoms with E-state index >= 15 is 0 Å². The van der Waals surface area contributed by atoms with E-state index in [1.54, 1.807) is 0 Å². The number of aliphatic hydroxyl groups excluding tert-OH is 1. The summed E-state index contributed by atoms with van der Waals surface area (Å²) in [5.41, 5.74) is 6.56. The van der Waals surface area contributed by atoms with Crippen molar-refractivity contribution >= 4 is 0 Å². The molecular formula is C13H22N2O2. The summed E-state index contributed by atoms with van der Waals surface area (Å²) in [5, 5.41) is 12.8. The molecule has 1 unspecified atom stereocenters. The molecule has 0 saturated heterocycles. The molecule has 1 atom stereocenters. The van der Waals surface area contributed by atoms with Gasteiger partial charge in [-0.25, -0.2) is 0 Å². The molecule has 0 aromatic heterocycles. The number of aliphatic hydroxyl groups is 1. The average Bonchev–Trinajstić information content (AvgIpc) is 2.34. The van der Waals surface area contributed by atoms with Crippen LogP contribution >= 0.6 is 0 Å². The summed E-state index contributed by atoms with van der Waals surface area (Å²) >= 11 is 0. The Morgan fingerprint density at radius 3 is 2.71 bits per heavy atom. The van der Waals surface area contributed by atoms with Crippen molar-refractivity contribution in [2.75, 3.05) is 26.2 Å². The molecule has 0 bridgehead atoms. The zero-order chi connectivity index (χ0) is 12.5. The minimum absolute atomic E-state index is 0.304. The molecule has 1 rings (SSSR count). The van der Waals surface area contributed by atoms with Gasteiger partial charge in [0.15, 0.2) is 0 Å². The molecule has 1 aromatic carbocycles. The van der Waals surface area contributed by atoms with Gasteiger partial charge in [0.25, 0.3) is 0 Å². The first-order valence-corrected chi connectivity index (χ1v) is 6.00. The number of ether oxygens (including phenoxy) is 1. The highest BCUT2D eigenvalue weighted by molar-refractivity contribution is 5.26. The van der Waals surface area contributed by atoms with Crippen molar-refractivity contribution in [2.24, 2.45) is 5.73 Å². The number of rotatable bonds is 8. The minimum Gasteiger partial charge on any atom is -0.491 e. The van der Waals surface area contributed by atoms with Crippen LogP contribution in [-0.2, 0) is 0 Å². The van der Waals surface area contributed by atoms with Gasteiger partial charge in [-0.15, -0.1) is 0 Å². The Morgan fingerprint density at radius 1 is 1.35 bits per heavy atom. The van der Waals surface area contributed by atoms with Crippen LogP contribution in [0.4, 0.5) is 0 Å². The lowest BCUT2D eigenvalue weighted by molar-refractivity contribution is 0.106. The Kier molecular flexibility index (Phi) is 6.62. The fourth-order valence-corrected chi connectivity index (χ4v) is 1.38. The zero-order valence-electron chi connectivity index (χ0n) is 10.4. The number of aryl methyl sites for hydroxylation is 1. The molecule has 0 amide bonds. The summed E-state index contributed by atoms with van der Waals surface area (Å²) < 4.78 is 5.47. The van der Waals surface area contributed by atoms with Gasteiger partial charge in [-0.05, 0) is 38.6 Å². The van der Waals surface area contributed by atoms with Gasteiger partial charge in [-0.2, -0.15) is 0 Å². The number of hydrogen-bond donors (Lipinski definition) is 3. The van der Waals surface area contributed by atoms with Crippen LogP contribution in [0.25, 0.3) is 0 Å². The summed E-state index contributed by atoms with van der Waals surface area (Å²) in [6.45, 7) is 4.37. The summed E-state index contributed by atoms with van der Waals surface area (Å²) in [4.78, 5) is 0. The summed E-state index contributed by atoms with van der Waals surface area (Å²) in [6, 6.07) is 7.79. The highest BCUT2D eigenvalue weighted by atomic mass is 16.5. The van der Waals surface area contributed by atoms with E-state index in [2.05, 4.69) is 5.32 Å². The lowest BCUT2D eigenvalue weighted by atomic mass is 10.2. The molecule has 0 spiro atoms. The average molecular weight is 238 g/mol. The quantitative estimate of drug-likeness (QED) is 0.582. The molecule has 0 radical (unpaired) electrons. The third-order valence-electron chi connectivity index (χ3n) is 2.40. The zero-order valence-corrected chi connectivity index (χ0v) is 10.4. The molecule has 4 N–H and O–H groups in total. The van der Waals surface area contributed by atoms with Gasteiger partial charge >= 0.3 is 0 Å². The van der Waals surface area contributed by atoms with Crippen LogP contribution in [0.15, 0.2) is 24.3 Å². The maximum absolute atomic E-state index is 9.65. The maximum atomic E-state index is 9.65. The number of nitrogens with one attached hydrogen (secondary N) is 1. The second kappa shape index (κ2) is 8.06. The molecule has 1 aromatic rings. The molecule has 4 nitrogen and oxygen atoms in total. The van der Waals surface area contributed by atoms with Crippen LogP contribution in [0.3, 0.4) is 0 Å². The maximum Gasteiger partial charge on any atom is 0.119 e. The molecule has 96 valence electrons. The van der Waals surface area contributed by atoms with E-state index in [9.17, 15) is 5.11 Å². The van der Waals surface area contributed by atoms with E-state index < -0.39 is 6.10 Å². The van der Waals surface area contributed by atoms with E-state index in [4.69, 9.17) is 10.5 Å². The van der Waals surface area contributed by atoms with Crippen molar-refractivity contribution in [3.8, 4) is 5.75 Å². The van der Waals surface area contributed by atoms with Gasteiger partial charge in [0, 0.05) is 6.54 Å². The van der Waals surface area contributed by atoms with Gasteiger partial charge in [-0.1, -0.05) is 17.7 Å². The highest BCUT2D eigenvalue weighted by Gasteiger charge is 2.04. The fourth-order valence-electron chi connectivity index (χ4n) is 1.38. The smallest absolute Gasteiger partial charge is 0.119 e. The van der Waals surface area contributed by atoms with Crippen molar-refractivity contribution in [3.05, 3.63) is 29.8 Å². The van der Waals surface area contributed by atoms with Crippen LogP contribution in [0, 0.1) is 6.92 Å². The molecule has 0 fully saturated rings. The monoisotopic (exact) mass is 238 g/mol. The molecular weight excluding hydrogens is 216 g/mol. The number of hydrogen-bond acceptors (Lipinski definition) is 4. The largest absolute Gasteiger partial charge is 0.491 e. The van der Waals surface area contributed by atoms with E-state index in [0.29, 0.717) is 19.7 Å². The normalized spacial score (nSPS) is 12.4. The molecule has 0 aliphatic heterocycles. The van der Waals surface area contributed by atoms with Gasteiger partial charge in [0.1, 0.15) is 18.5 Å². The number of benzene rings is 1. The van der Waals surface area contributed by atoms with Gasteiger partial charge in [0.05, 0.1) is 0 Å². The Morgan fingerprint density at radius 2 is 2.06 bits per heavy atom. The first-order chi connectivity index (χ1) is 8.22. The SMILES string of the molecule is Cc1ccc(OCC(O)CNCCCN)cc1. The molecule has 0 aliphatic rings. The Labute approximate surface area is 103 Å². The van der Waals surface area contributed by atoms with E-state index in [1.807, 2.05) is 31.2 Å². The third kappa shape index (κ3) is 6.26. The molecule has 0 saturated carbocycles. The van der Waals surface area contributed by atoms with Crippen LogP contribution in [0.5, 0.6) is 5.75 Å². The van der Waals surface area contributed by atoms with Crippen LogP contribution in [0.1, 0.15) is 12.0 Å². The molecule has 4 heteroatoms. The molecule has 17 heavy (non-hydrogen) atoms. The predicted octanol–water partition coefficient (Wildman–Crippen LogP) is 0.673. The van der Waals surface area contributed by atoms with E-state index in [0.717, 1.165) is 18.7 Å². The highest BCUT2D eigenvalue weighted by Crippen LogP contribution is 2.11. The summed E-state index contributed by atoms with van der Waals surface area (Å²) in [5.74, 6) is 0.789. The van der Waals surface area contributed by atoms with Crippen molar-refractivity contribution in [1.82, 2.24) is 5.32 Å².